The Bertz CT molecular complexity index is 257. The van der Waals surface area contributed by atoms with Crippen molar-refractivity contribution < 1.29 is 0 Å². The topological polar surface area (TPSA) is 32.9 Å². The van der Waals surface area contributed by atoms with Gasteiger partial charge in [0, 0.05) is 17.6 Å². The molecular weight excluding hydrogens is 174 g/mol. The fourth-order valence-corrected chi connectivity index (χ4v) is 0.856. The third-order valence-electron chi connectivity index (χ3n) is 1.12. The van der Waals surface area contributed by atoms with Crippen LogP contribution in [0.25, 0.3) is 0 Å². The smallest absolute Gasteiger partial charge is 0.248 e. The molecule has 0 aliphatic carbocycles. The number of aromatic amines is 1. The van der Waals surface area contributed by atoms with E-state index in [1.165, 1.54) is 0 Å². The first-order valence-electron chi connectivity index (χ1n) is 3.83. The highest BCUT2D eigenvalue weighted by Gasteiger charge is 1.86. The van der Waals surface area contributed by atoms with Crippen LogP contribution in [0.15, 0.2) is 16.9 Å². The molecule has 0 saturated carbocycles. The van der Waals surface area contributed by atoms with Crippen molar-refractivity contribution in [1.29, 1.82) is 0 Å². The molecule has 0 radical (unpaired) electrons. The first-order chi connectivity index (χ1) is 5.60. The molecular formula is C9H14ClNO. The van der Waals surface area contributed by atoms with Crippen molar-refractivity contribution in [3.05, 3.63) is 33.7 Å². The Hall–Kier alpha value is -0.760. The van der Waals surface area contributed by atoms with Gasteiger partial charge in [0.2, 0.25) is 5.56 Å². The highest BCUT2D eigenvalue weighted by atomic mass is 35.5. The third kappa shape index (κ3) is 4.97. The molecule has 1 heterocycles. The number of hydrogen-bond acceptors (Lipinski definition) is 1. The van der Waals surface area contributed by atoms with Crippen LogP contribution in [0.5, 0.6) is 0 Å². The number of alkyl halides is 1. The van der Waals surface area contributed by atoms with Gasteiger partial charge in [-0.05, 0) is 25.5 Å². The standard InChI is InChI=1S/C7H9NO.C2H5Cl/c1-5-3-6(2)8-7(9)4-5;1-2-3/h3-4H,1-2H3,(H,8,9);2H2,1H3. The van der Waals surface area contributed by atoms with E-state index in [0.29, 0.717) is 0 Å². The van der Waals surface area contributed by atoms with Crippen molar-refractivity contribution in [2.24, 2.45) is 0 Å². The number of pyridine rings is 1. The predicted molar refractivity (Wildman–Crippen MR) is 52.9 cm³/mol. The second-order valence-electron chi connectivity index (χ2n) is 2.47. The maximum atomic E-state index is 10.7. The van der Waals surface area contributed by atoms with Gasteiger partial charge in [0.25, 0.3) is 0 Å². The Morgan fingerprint density at radius 2 is 1.92 bits per heavy atom. The number of aryl methyl sites for hydroxylation is 2. The molecule has 68 valence electrons. The van der Waals surface area contributed by atoms with E-state index in [9.17, 15) is 4.79 Å². The lowest BCUT2D eigenvalue weighted by atomic mass is 10.2. The molecule has 1 rings (SSSR count). The average molecular weight is 188 g/mol. The first kappa shape index (κ1) is 11.2. The van der Waals surface area contributed by atoms with Gasteiger partial charge in [-0.3, -0.25) is 4.79 Å². The first-order valence-corrected chi connectivity index (χ1v) is 4.37. The Balaban J connectivity index is 0.000000354. The number of H-pyrrole nitrogens is 1. The fourth-order valence-electron chi connectivity index (χ4n) is 0.856. The van der Waals surface area contributed by atoms with Gasteiger partial charge in [0.05, 0.1) is 0 Å². The van der Waals surface area contributed by atoms with Crippen LogP contribution < -0.4 is 5.56 Å². The number of hydrogen-bond donors (Lipinski definition) is 1. The third-order valence-corrected chi connectivity index (χ3v) is 1.12. The lowest BCUT2D eigenvalue weighted by Crippen LogP contribution is -2.05. The lowest BCUT2D eigenvalue weighted by Gasteiger charge is -1.91. The largest absolute Gasteiger partial charge is 0.327 e. The molecule has 0 spiro atoms. The van der Waals surface area contributed by atoms with Gasteiger partial charge < -0.3 is 4.98 Å². The summed E-state index contributed by atoms with van der Waals surface area (Å²) in [5, 5.41) is 0. The fraction of sp³-hybridized carbons (Fsp3) is 0.444. The number of aromatic nitrogens is 1. The van der Waals surface area contributed by atoms with Crippen LogP contribution in [0.4, 0.5) is 0 Å². The van der Waals surface area contributed by atoms with E-state index in [1.807, 2.05) is 26.8 Å². The van der Waals surface area contributed by atoms with E-state index in [1.54, 1.807) is 6.07 Å². The molecule has 0 atom stereocenters. The van der Waals surface area contributed by atoms with E-state index in [2.05, 4.69) is 4.98 Å². The second-order valence-corrected chi connectivity index (χ2v) is 3.01. The molecule has 0 aromatic carbocycles. The van der Waals surface area contributed by atoms with Crippen LogP contribution in [-0.2, 0) is 0 Å². The van der Waals surface area contributed by atoms with Crippen molar-refractivity contribution in [3.8, 4) is 0 Å². The van der Waals surface area contributed by atoms with Crippen molar-refractivity contribution in [2.45, 2.75) is 20.8 Å². The molecule has 3 heteroatoms. The molecule has 1 N–H and O–H groups in total. The maximum Gasteiger partial charge on any atom is 0.248 e. The Morgan fingerprint density at radius 3 is 2.25 bits per heavy atom. The van der Waals surface area contributed by atoms with Gasteiger partial charge >= 0.3 is 0 Å². The lowest BCUT2D eigenvalue weighted by molar-refractivity contribution is 1.12. The average Bonchev–Trinajstić information content (AvgIpc) is 1.84. The summed E-state index contributed by atoms with van der Waals surface area (Å²) in [5.74, 6) is 0.722. The van der Waals surface area contributed by atoms with E-state index >= 15 is 0 Å². The van der Waals surface area contributed by atoms with Crippen LogP contribution in [-0.4, -0.2) is 10.9 Å². The summed E-state index contributed by atoms with van der Waals surface area (Å²) in [6, 6.07) is 3.51. The normalized spacial score (nSPS) is 8.67. The summed E-state index contributed by atoms with van der Waals surface area (Å²) >= 11 is 5.00. The molecule has 2 nitrogen and oxygen atoms in total. The number of halogens is 1. The van der Waals surface area contributed by atoms with Crippen LogP contribution in [0.1, 0.15) is 18.2 Å². The minimum absolute atomic E-state index is 0.0208. The van der Waals surface area contributed by atoms with E-state index < -0.39 is 0 Å². The summed E-state index contributed by atoms with van der Waals surface area (Å²) in [5.41, 5.74) is 1.91. The SMILES string of the molecule is CCCl.Cc1cc(C)[nH]c(=O)c1. The number of nitrogens with one attached hydrogen (secondary N) is 1. The zero-order valence-electron chi connectivity index (χ0n) is 7.65. The minimum atomic E-state index is -0.0208. The van der Waals surface area contributed by atoms with Crippen LogP contribution in [0.2, 0.25) is 0 Å². The van der Waals surface area contributed by atoms with Crippen molar-refractivity contribution in [3.63, 3.8) is 0 Å². The molecule has 0 saturated heterocycles. The zero-order chi connectivity index (χ0) is 9.56. The van der Waals surface area contributed by atoms with Crippen molar-refractivity contribution in [1.82, 2.24) is 4.98 Å². The van der Waals surface area contributed by atoms with Crippen LogP contribution >= 0.6 is 11.6 Å². The molecule has 0 amide bonds. The quantitative estimate of drug-likeness (QED) is 0.621. The van der Waals surface area contributed by atoms with Crippen LogP contribution in [0.3, 0.4) is 0 Å². The Kier molecular flexibility index (Phi) is 5.47. The van der Waals surface area contributed by atoms with Gasteiger partial charge in [0.15, 0.2) is 0 Å². The Labute approximate surface area is 77.6 Å². The molecule has 0 unspecified atom stereocenters. The highest BCUT2D eigenvalue weighted by Crippen LogP contribution is 1.92. The minimum Gasteiger partial charge on any atom is -0.327 e. The molecule has 0 aliphatic heterocycles. The molecule has 1 aromatic rings. The molecule has 12 heavy (non-hydrogen) atoms. The van der Waals surface area contributed by atoms with Crippen molar-refractivity contribution >= 4 is 11.6 Å². The van der Waals surface area contributed by atoms with Gasteiger partial charge in [-0.15, -0.1) is 11.6 Å². The molecule has 0 aliphatic rings. The van der Waals surface area contributed by atoms with Crippen molar-refractivity contribution in [2.75, 3.05) is 5.88 Å². The zero-order valence-corrected chi connectivity index (χ0v) is 8.40. The second kappa shape index (κ2) is 5.84. The number of rotatable bonds is 0. The van der Waals surface area contributed by atoms with E-state index in [-0.39, 0.29) is 5.56 Å². The summed E-state index contributed by atoms with van der Waals surface area (Å²) < 4.78 is 0. The van der Waals surface area contributed by atoms with Gasteiger partial charge in [-0.2, -0.15) is 0 Å². The summed E-state index contributed by atoms with van der Waals surface area (Å²) in [4.78, 5) is 13.3. The van der Waals surface area contributed by atoms with E-state index in [0.717, 1.165) is 17.1 Å². The van der Waals surface area contributed by atoms with Gasteiger partial charge in [-0.1, -0.05) is 6.92 Å². The monoisotopic (exact) mass is 187 g/mol. The van der Waals surface area contributed by atoms with E-state index in [4.69, 9.17) is 11.6 Å². The molecule has 1 aromatic heterocycles. The summed E-state index contributed by atoms with van der Waals surface area (Å²) in [6.45, 7) is 5.66. The Morgan fingerprint density at radius 1 is 1.42 bits per heavy atom. The molecule has 0 bridgehead atoms. The van der Waals surface area contributed by atoms with Gasteiger partial charge in [0.1, 0.15) is 0 Å². The van der Waals surface area contributed by atoms with Gasteiger partial charge in [-0.25, -0.2) is 0 Å². The molecule has 0 fully saturated rings. The summed E-state index contributed by atoms with van der Waals surface area (Å²) in [7, 11) is 0. The maximum absolute atomic E-state index is 10.7. The predicted octanol–water partition coefficient (Wildman–Crippen LogP) is 2.24. The summed E-state index contributed by atoms with van der Waals surface area (Å²) in [6.07, 6.45) is 0. The van der Waals surface area contributed by atoms with Crippen LogP contribution in [0, 0.1) is 13.8 Å². The highest BCUT2D eigenvalue weighted by molar-refractivity contribution is 6.17.